The van der Waals surface area contributed by atoms with Gasteiger partial charge in [-0.2, -0.15) is 5.26 Å². The van der Waals surface area contributed by atoms with Crippen LogP contribution in [0.5, 0.6) is 0 Å². The summed E-state index contributed by atoms with van der Waals surface area (Å²) in [6.07, 6.45) is 10.1. The fourth-order valence-electron chi connectivity index (χ4n) is 4.68. The predicted molar refractivity (Wildman–Crippen MR) is 160 cm³/mol. The molecule has 10 heteroatoms. The third-order valence-corrected chi connectivity index (χ3v) is 6.99. The Morgan fingerprint density at radius 2 is 1.92 bits per heavy atom. The van der Waals surface area contributed by atoms with E-state index in [0.717, 1.165) is 54.7 Å². The molecule has 0 aromatic carbocycles. The molecule has 3 heterocycles. The van der Waals surface area contributed by atoms with Gasteiger partial charge in [0, 0.05) is 50.7 Å². The average Bonchev–Trinajstić information content (AvgIpc) is 3.00. The molecule has 0 atom stereocenters. The van der Waals surface area contributed by atoms with Crippen molar-refractivity contribution in [2.24, 2.45) is 11.1 Å². The van der Waals surface area contributed by atoms with Gasteiger partial charge in [-0.15, -0.1) is 0 Å². The molecule has 0 spiro atoms. The van der Waals surface area contributed by atoms with E-state index in [4.69, 9.17) is 20.9 Å². The van der Waals surface area contributed by atoms with E-state index in [1.807, 2.05) is 31.2 Å². The van der Waals surface area contributed by atoms with Crippen LogP contribution in [0.2, 0.25) is 6.82 Å². The molecular formula is C29H46BN7O2. The minimum absolute atomic E-state index is 0.382. The molecule has 1 saturated heterocycles. The molecule has 2 aromatic rings. The fraction of sp³-hybridized carbons (Fsp3) is 0.621. The molecule has 0 amide bonds. The zero-order valence-corrected chi connectivity index (χ0v) is 23.8. The molecule has 0 unspecified atom stereocenters. The van der Waals surface area contributed by atoms with Crippen LogP contribution in [0.25, 0.3) is 11.3 Å². The Morgan fingerprint density at radius 1 is 1.18 bits per heavy atom. The van der Waals surface area contributed by atoms with Gasteiger partial charge in [-0.3, -0.25) is 0 Å². The minimum Gasteiger partial charge on any atom is -0.384 e. The first-order valence-electron chi connectivity index (χ1n) is 14.1. The van der Waals surface area contributed by atoms with Gasteiger partial charge in [0.05, 0.1) is 38.2 Å². The number of nitrogens with zero attached hydrogens (tertiary/aromatic N) is 3. The first kappa shape index (κ1) is 32.5. The summed E-state index contributed by atoms with van der Waals surface area (Å²) in [6.45, 7) is 8.42. The predicted octanol–water partition coefficient (Wildman–Crippen LogP) is 3.85. The Bertz CT molecular complexity index is 990. The number of rotatable bonds is 10. The van der Waals surface area contributed by atoms with E-state index in [0.29, 0.717) is 38.7 Å². The van der Waals surface area contributed by atoms with Crippen LogP contribution < -0.4 is 22.1 Å². The van der Waals surface area contributed by atoms with Crippen LogP contribution in [0, 0.1) is 23.7 Å². The molecule has 2 aliphatic rings. The van der Waals surface area contributed by atoms with Crippen LogP contribution in [-0.4, -0.2) is 69.9 Å². The smallest absolute Gasteiger partial charge is 0.126 e. The Kier molecular flexibility index (Phi) is 15.5. The third kappa shape index (κ3) is 11.5. The highest BCUT2D eigenvalue weighted by Gasteiger charge is 2.32. The number of nitriles is 1. The van der Waals surface area contributed by atoms with E-state index in [1.165, 1.54) is 38.9 Å². The quantitative estimate of drug-likeness (QED) is 0.263. The number of anilines is 2. The Labute approximate surface area is 235 Å². The molecule has 1 aliphatic heterocycles. The van der Waals surface area contributed by atoms with Crippen molar-refractivity contribution in [3.63, 3.8) is 0 Å². The Hall–Kier alpha value is -2.71. The monoisotopic (exact) mass is 535 g/mol. The van der Waals surface area contributed by atoms with Crippen LogP contribution in [0.4, 0.5) is 11.6 Å². The SMILES string of the molecule is Cc1cnc(N)cc1-c1cccc(NCC2(C#N)CCOCC2)n1.NCCOCCNC1CCCCC1.[B]C. The van der Waals surface area contributed by atoms with Crippen molar-refractivity contribution in [2.75, 3.05) is 57.1 Å². The molecule has 2 radical (unpaired) electrons. The first-order chi connectivity index (χ1) is 19.0. The molecule has 9 nitrogen and oxygen atoms in total. The van der Waals surface area contributed by atoms with E-state index in [9.17, 15) is 5.26 Å². The van der Waals surface area contributed by atoms with Gasteiger partial charge >= 0.3 is 0 Å². The minimum atomic E-state index is -0.382. The molecule has 6 N–H and O–H groups in total. The second-order valence-electron chi connectivity index (χ2n) is 9.88. The van der Waals surface area contributed by atoms with Gasteiger partial charge in [-0.05, 0) is 56.4 Å². The average molecular weight is 536 g/mol. The number of hydrogen-bond donors (Lipinski definition) is 4. The van der Waals surface area contributed by atoms with Gasteiger partial charge in [0.15, 0.2) is 0 Å². The zero-order valence-electron chi connectivity index (χ0n) is 23.8. The van der Waals surface area contributed by atoms with Crippen LogP contribution in [0.1, 0.15) is 50.5 Å². The molecule has 1 aliphatic carbocycles. The molecule has 1 saturated carbocycles. The van der Waals surface area contributed by atoms with Gasteiger partial charge in [0.2, 0.25) is 0 Å². The molecule has 2 fully saturated rings. The van der Waals surface area contributed by atoms with Gasteiger partial charge in [-0.1, -0.05) is 32.2 Å². The van der Waals surface area contributed by atoms with Crippen molar-refractivity contribution in [3.8, 4) is 17.3 Å². The number of aryl methyl sites for hydroxylation is 1. The fourth-order valence-corrected chi connectivity index (χ4v) is 4.68. The molecule has 212 valence electrons. The molecule has 0 bridgehead atoms. The molecular weight excluding hydrogens is 489 g/mol. The highest BCUT2D eigenvalue weighted by molar-refractivity contribution is 6.05. The molecule has 4 rings (SSSR count). The lowest BCUT2D eigenvalue weighted by Gasteiger charge is -2.30. The summed E-state index contributed by atoms with van der Waals surface area (Å²) in [5, 5.41) is 16.4. The van der Waals surface area contributed by atoms with Crippen molar-refractivity contribution >= 4 is 19.5 Å². The summed E-state index contributed by atoms with van der Waals surface area (Å²) >= 11 is 0. The van der Waals surface area contributed by atoms with Crippen molar-refractivity contribution < 1.29 is 9.47 Å². The maximum absolute atomic E-state index is 9.53. The van der Waals surface area contributed by atoms with E-state index in [-0.39, 0.29) is 5.41 Å². The van der Waals surface area contributed by atoms with Crippen LogP contribution in [0.3, 0.4) is 0 Å². The number of aromatic nitrogens is 2. The lowest BCUT2D eigenvalue weighted by molar-refractivity contribution is 0.0455. The highest BCUT2D eigenvalue weighted by Crippen LogP contribution is 2.30. The van der Waals surface area contributed by atoms with Crippen molar-refractivity contribution in [3.05, 3.63) is 36.0 Å². The Morgan fingerprint density at radius 3 is 2.62 bits per heavy atom. The van der Waals surface area contributed by atoms with Crippen LogP contribution in [0.15, 0.2) is 30.5 Å². The number of ether oxygens (including phenoxy) is 2. The van der Waals surface area contributed by atoms with Crippen LogP contribution in [-0.2, 0) is 9.47 Å². The maximum Gasteiger partial charge on any atom is 0.126 e. The van der Waals surface area contributed by atoms with Crippen molar-refractivity contribution in [1.29, 1.82) is 5.26 Å². The van der Waals surface area contributed by atoms with Gasteiger partial charge in [0.1, 0.15) is 11.6 Å². The van der Waals surface area contributed by atoms with Crippen LogP contribution >= 0.6 is 0 Å². The largest absolute Gasteiger partial charge is 0.384 e. The second kappa shape index (κ2) is 18.6. The molecule has 2 aromatic heterocycles. The Balaban J connectivity index is 0.000000301. The van der Waals surface area contributed by atoms with Gasteiger partial charge in [-0.25, -0.2) is 9.97 Å². The standard InChI is InChI=1S/C18H21N5O.C10H22N2O.CH3B/c1-13-10-21-16(20)9-14(13)15-3-2-4-17(23-15)22-12-18(11-19)5-7-24-8-6-18;11-6-8-13-9-7-12-10-4-2-1-3-5-10;1-2/h2-4,9-10H,5-8,12H2,1H3,(H2,20,21)(H,22,23);10,12H,1-9,11H2;1H3. The topological polar surface area (TPSA) is 144 Å². The lowest BCUT2D eigenvalue weighted by atomic mass is 9.82. The number of nitrogens with two attached hydrogens (primary N) is 2. The second-order valence-corrected chi connectivity index (χ2v) is 9.88. The third-order valence-electron chi connectivity index (χ3n) is 6.99. The summed E-state index contributed by atoms with van der Waals surface area (Å²) < 4.78 is 10.7. The number of nitrogens with one attached hydrogen (secondary N) is 2. The first-order valence-corrected chi connectivity index (χ1v) is 14.1. The van der Waals surface area contributed by atoms with Crippen molar-refractivity contribution in [1.82, 2.24) is 15.3 Å². The van der Waals surface area contributed by atoms with E-state index in [1.54, 1.807) is 6.20 Å². The summed E-state index contributed by atoms with van der Waals surface area (Å²) in [7, 11) is 4.50. The normalized spacial score (nSPS) is 16.6. The van der Waals surface area contributed by atoms with E-state index >= 15 is 0 Å². The summed E-state index contributed by atoms with van der Waals surface area (Å²) in [5.74, 6) is 1.23. The van der Waals surface area contributed by atoms with Gasteiger partial charge in [0.25, 0.3) is 0 Å². The molecule has 39 heavy (non-hydrogen) atoms. The lowest BCUT2D eigenvalue weighted by Crippen LogP contribution is -2.34. The zero-order chi connectivity index (χ0) is 28.3. The number of pyridine rings is 2. The maximum atomic E-state index is 9.53. The van der Waals surface area contributed by atoms with Gasteiger partial charge < -0.3 is 31.6 Å². The summed E-state index contributed by atoms with van der Waals surface area (Å²) in [6, 6.07) is 10.8. The van der Waals surface area contributed by atoms with E-state index in [2.05, 4.69) is 34.5 Å². The summed E-state index contributed by atoms with van der Waals surface area (Å²) in [4.78, 5) is 8.75. The number of hydrogen-bond acceptors (Lipinski definition) is 9. The van der Waals surface area contributed by atoms with Crippen molar-refractivity contribution in [2.45, 2.75) is 64.7 Å². The highest BCUT2D eigenvalue weighted by atomic mass is 16.5. The summed E-state index contributed by atoms with van der Waals surface area (Å²) in [5.41, 5.74) is 13.5. The van der Waals surface area contributed by atoms with E-state index < -0.39 is 0 Å². The number of nitrogen functional groups attached to an aromatic ring is 1.